The van der Waals surface area contributed by atoms with Gasteiger partial charge in [-0.15, -0.1) is 0 Å². The second kappa shape index (κ2) is 6.25. The Morgan fingerprint density at radius 1 is 0.905 bits per heavy atom. The lowest BCUT2D eigenvalue weighted by Crippen LogP contribution is -2.35. The van der Waals surface area contributed by atoms with Crippen molar-refractivity contribution in [2.75, 3.05) is 0 Å². The first kappa shape index (κ1) is 15.9. The maximum atomic E-state index is 2.57. The fourth-order valence-electron chi connectivity index (χ4n) is 6.45. The highest BCUT2D eigenvalue weighted by Gasteiger charge is 2.48. The second-order valence-corrected chi connectivity index (χ2v) is 9.47. The lowest BCUT2D eigenvalue weighted by atomic mass is 9.61. The topological polar surface area (TPSA) is 0 Å². The molecule has 0 aromatic carbocycles. The van der Waals surface area contributed by atoms with Crippen molar-refractivity contribution in [2.45, 2.75) is 91.9 Å². The SMILES string of the molecule is CCCC1CCCCC1C1CC2CCC(C)(C)C(C)C2C1. The second-order valence-electron chi connectivity index (χ2n) is 9.47. The zero-order chi connectivity index (χ0) is 15.0. The van der Waals surface area contributed by atoms with Gasteiger partial charge in [0.05, 0.1) is 0 Å². The van der Waals surface area contributed by atoms with Crippen LogP contribution < -0.4 is 0 Å². The Morgan fingerprint density at radius 3 is 2.43 bits per heavy atom. The molecule has 0 aromatic heterocycles. The van der Waals surface area contributed by atoms with E-state index in [1.165, 1.54) is 38.5 Å². The van der Waals surface area contributed by atoms with Crippen molar-refractivity contribution < 1.29 is 0 Å². The molecule has 0 spiro atoms. The molecule has 0 heterocycles. The van der Waals surface area contributed by atoms with Crippen LogP contribution in [0.15, 0.2) is 0 Å². The van der Waals surface area contributed by atoms with E-state index in [0.717, 1.165) is 35.5 Å². The van der Waals surface area contributed by atoms with Gasteiger partial charge in [0.15, 0.2) is 0 Å². The summed E-state index contributed by atoms with van der Waals surface area (Å²) in [5.41, 5.74) is 0.603. The molecule has 3 fully saturated rings. The Labute approximate surface area is 133 Å². The number of hydrogen-bond donors (Lipinski definition) is 0. The van der Waals surface area contributed by atoms with Crippen LogP contribution >= 0.6 is 0 Å². The van der Waals surface area contributed by atoms with Crippen molar-refractivity contribution in [3.63, 3.8) is 0 Å². The Bertz CT molecular complexity index is 340. The van der Waals surface area contributed by atoms with Crippen LogP contribution in [-0.2, 0) is 0 Å². The molecule has 3 rings (SSSR count). The van der Waals surface area contributed by atoms with Gasteiger partial charge in [-0.1, -0.05) is 59.8 Å². The van der Waals surface area contributed by atoms with Gasteiger partial charge in [0.25, 0.3) is 0 Å². The van der Waals surface area contributed by atoms with E-state index in [2.05, 4.69) is 27.7 Å². The van der Waals surface area contributed by atoms with Crippen LogP contribution in [0.1, 0.15) is 91.9 Å². The van der Waals surface area contributed by atoms with E-state index in [4.69, 9.17) is 0 Å². The van der Waals surface area contributed by atoms with Crippen molar-refractivity contribution in [2.24, 2.45) is 40.9 Å². The zero-order valence-corrected chi connectivity index (χ0v) is 15.0. The summed E-state index contributed by atoms with van der Waals surface area (Å²) in [4.78, 5) is 0. The van der Waals surface area contributed by atoms with Crippen LogP contribution in [0.5, 0.6) is 0 Å². The molecule has 3 saturated carbocycles. The Morgan fingerprint density at radius 2 is 1.67 bits per heavy atom. The van der Waals surface area contributed by atoms with E-state index in [9.17, 15) is 0 Å². The van der Waals surface area contributed by atoms with E-state index in [1.807, 2.05) is 0 Å². The molecule has 0 amide bonds. The van der Waals surface area contributed by atoms with Crippen molar-refractivity contribution >= 4 is 0 Å². The molecule has 21 heavy (non-hydrogen) atoms. The van der Waals surface area contributed by atoms with Gasteiger partial charge >= 0.3 is 0 Å². The molecule has 0 bridgehead atoms. The first-order chi connectivity index (χ1) is 10.0. The summed E-state index contributed by atoms with van der Waals surface area (Å²) in [6, 6.07) is 0. The third-order valence-electron chi connectivity index (χ3n) is 8.05. The van der Waals surface area contributed by atoms with Crippen LogP contribution in [0.2, 0.25) is 0 Å². The minimum atomic E-state index is 0.603. The van der Waals surface area contributed by atoms with Gasteiger partial charge in [-0.3, -0.25) is 0 Å². The minimum absolute atomic E-state index is 0.603. The molecule has 0 nitrogen and oxygen atoms in total. The fourth-order valence-corrected chi connectivity index (χ4v) is 6.45. The highest BCUT2D eigenvalue weighted by atomic mass is 14.5. The van der Waals surface area contributed by atoms with Crippen molar-refractivity contribution in [3.05, 3.63) is 0 Å². The average Bonchev–Trinajstić information content (AvgIpc) is 2.89. The van der Waals surface area contributed by atoms with Gasteiger partial charge in [-0.2, -0.15) is 0 Å². The summed E-state index contributed by atoms with van der Waals surface area (Å²) in [5.74, 6) is 6.37. The minimum Gasteiger partial charge on any atom is -0.0654 e. The van der Waals surface area contributed by atoms with Crippen LogP contribution in [-0.4, -0.2) is 0 Å². The lowest BCUT2D eigenvalue weighted by Gasteiger charge is -2.44. The molecule has 122 valence electrons. The smallest absolute Gasteiger partial charge is 0.0326 e. The van der Waals surface area contributed by atoms with E-state index in [1.54, 1.807) is 25.7 Å². The number of rotatable bonds is 3. The summed E-state index contributed by atoms with van der Waals surface area (Å²) in [7, 11) is 0. The normalized spacial score (nSPS) is 46.3. The van der Waals surface area contributed by atoms with Gasteiger partial charge in [0.2, 0.25) is 0 Å². The van der Waals surface area contributed by atoms with Crippen LogP contribution in [0, 0.1) is 40.9 Å². The van der Waals surface area contributed by atoms with E-state index < -0.39 is 0 Å². The molecule has 0 aromatic rings. The number of fused-ring (bicyclic) bond motifs is 1. The van der Waals surface area contributed by atoms with Gasteiger partial charge in [-0.05, 0) is 73.0 Å². The van der Waals surface area contributed by atoms with Gasteiger partial charge in [0.1, 0.15) is 0 Å². The number of hydrogen-bond acceptors (Lipinski definition) is 0. The molecular formula is C21H38. The summed E-state index contributed by atoms with van der Waals surface area (Å²) >= 11 is 0. The molecular weight excluding hydrogens is 252 g/mol. The molecule has 3 aliphatic rings. The van der Waals surface area contributed by atoms with Gasteiger partial charge < -0.3 is 0 Å². The Hall–Kier alpha value is 0. The first-order valence-electron chi connectivity index (χ1n) is 10.0. The van der Waals surface area contributed by atoms with Gasteiger partial charge in [-0.25, -0.2) is 0 Å². The summed E-state index contributed by atoms with van der Waals surface area (Å²) < 4.78 is 0. The predicted molar refractivity (Wildman–Crippen MR) is 92.2 cm³/mol. The molecule has 0 radical (unpaired) electrons. The third-order valence-corrected chi connectivity index (χ3v) is 8.05. The van der Waals surface area contributed by atoms with E-state index >= 15 is 0 Å². The predicted octanol–water partition coefficient (Wildman–Crippen LogP) is 6.69. The van der Waals surface area contributed by atoms with Crippen LogP contribution in [0.4, 0.5) is 0 Å². The fraction of sp³-hybridized carbons (Fsp3) is 1.00. The molecule has 0 N–H and O–H groups in total. The molecule has 6 atom stereocenters. The van der Waals surface area contributed by atoms with E-state index in [0.29, 0.717) is 5.41 Å². The van der Waals surface area contributed by atoms with E-state index in [-0.39, 0.29) is 0 Å². The summed E-state index contributed by atoms with van der Waals surface area (Å²) in [6.45, 7) is 10.0. The maximum Gasteiger partial charge on any atom is -0.0326 e. The maximum absolute atomic E-state index is 2.57. The molecule has 0 aliphatic heterocycles. The Kier molecular flexibility index (Phi) is 4.72. The standard InChI is InChI=1S/C21H38/c1-5-8-16-9-6-7-10-19(16)18-13-17-11-12-21(3,4)15(2)20(17)14-18/h15-20H,5-14H2,1-4H3. The monoisotopic (exact) mass is 290 g/mol. The van der Waals surface area contributed by atoms with Crippen LogP contribution in [0.3, 0.4) is 0 Å². The molecule has 6 unspecified atom stereocenters. The summed E-state index contributed by atoms with van der Waals surface area (Å²) in [6.07, 6.45) is 15.3. The Balaban J connectivity index is 1.68. The third kappa shape index (κ3) is 3.06. The molecule has 0 saturated heterocycles. The average molecular weight is 291 g/mol. The quantitative estimate of drug-likeness (QED) is 0.543. The van der Waals surface area contributed by atoms with Crippen LogP contribution in [0.25, 0.3) is 0 Å². The molecule has 3 aliphatic carbocycles. The lowest BCUT2D eigenvalue weighted by molar-refractivity contribution is 0.0572. The highest BCUT2D eigenvalue weighted by molar-refractivity contribution is 4.98. The zero-order valence-electron chi connectivity index (χ0n) is 15.0. The van der Waals surface area contributed by atoms with Crippen molar-refractivity contribution in [3.8, 4) is 0 Å². The van der Waals surface area contributed by atoms with Gasteiger partial charge in [0, 0.05) is 0 Å². The largest absolute Gasteiger partial charge is 0.0654 e. The molecule has 0 heteroatoms. The van der Waals surface area contributed by atoms with Crippen molar-refractivity contribution in [1.82, 2.24) is 0 Å². The first-order valence-corrected chi connectivity index (χ1v) is 10.0. The summed E-state index contributed by atoms with van der Waals surface area (Å²) in [5, 5.41) is 0. The highest BCUT2D eigenvalue weighted by Crippen LogP contribution is 2.57. The van der Waals surface area contributed by atoms with Crippen molar-refractivity contribution in [1.29, 1.82) is 0 Å².